The predicted octanol–water partition coefficient (Wildman–Crippen LogP) is 5.12. The minimum absolute atomic E-state index is 0.309. The highest BCUT2D eigenvalue weighted by atomic mass is 79.9. The number of hydrogen-bond acceptors (Lipinski definition) is 3. The third-order valence-corrected chi connectivity index (χ3v) is 4.02. The number of rotatable bonds is 4. The first-order valence-corrected chi connectivity index (χ1v) is 7.50. The zero-order valence-corrected chi connectivity index (χ0v) is 14.1. The Hall–Kier alpha value is -1.23. The van der Waals surface area contributed by atoms with Gasteiger partial charge in [0, 0.05) is 15.1 Å². The second-order valence-corrected chi connectivity index (χ2v) is 5.86. The van der Waals surface area contributed by atoms with E-state index in [1.54, 1.807) is 36.4 Å². The van der Waals surface area contributed by atoms with E-state index in [2.05, 4.69) is 20.7 Å². The molecule has 6 heteroatoms. The molecule has 0 saturated carbocycles. The first kappa shape index (κ1) is 16.1. The summed E-state index contributed by atoms with van der Waals surface area (Å²) in [7, 11) is 1.34. The summed E-state index contributed by atoms with van der Waals surface area (Å²) in [4.78, 5) is 11.4. The number of carbonyl (C=O) groups is 1. The Balaban J connectivity index is 2.11. The van der Waals surface area contributed by atoms with Crippen molar-refractivity contribution < 1.29 is 14.3 Å². The normalized spacial score (nSPS) is 10.3. The van der Waals surface area contributed by atoms with Crippen LogP contribution in [0.3, 0.4) is 0 Å². The van der Waals surface area contributed by atoms with E-state index in [4.69, 9.17) is 27.9 Å². The standard InChI is InChI=1S/C15H11BrCl2O3/c1-20-15(19)9-2-3-10(12(16)6-9)8-21-14-5-4-11(17)7-13(14)18/h2-7H,8H2,1H3. The minimum Gasteiger partial charge on any atom is -0.487 e. The maximum atomic E-state index is 11.4. The van der Waals surface area contributed by atoms with Crippen molar-refractivity contribution in [2.75, 3.05) is 7.11 Å². The first-order chi connectivity index (χ1) is 10.0. The van der Waals surface area contributed by atoms with Gasteiger partial charge in [-0.3, -0.25) is 0 Å². The van der Waals surface area contributed by atoms with Crippen LogP contribution in [-0.2, 0) is 11.3 Å². The van der Waals surface area contributed by atoms with Crippen molar-refractivity contribution in [3.63, 3.8) is 0 Å². The zero-order chi connectivity index (χ0) is 15.4. The number of methoxy groups -OCH3 is 1. The average molecular weight is 390 g/mol. The van der Waals surface area contributed by atoms with Gasteiger partial charge in [0.2, 0.25) is 0 Å². The van der Waals surface area contributed by atoms with Gasteiger partial charge in [0.25, 0.3) is 0 Å². The molecule has 0 radical (unpaired) electrons. The minimum atomic E-state index is -0.385. The molecule has 0 N–H and O–H groups in total. The van der Waals surface area contributed by atoms with Crippen molar-refractivity contribution in [1.29, 1.82) is 0 Å². The zero-order valence-electron chi connectivity index (χ0n) is 11.0. The van der Waals surface area contributed by atoms with E-state index in [9.17, 15) is 4.79 Å². The number of halogens is 3. The molecule has 0 saturated heterocycles. The van der Waals surface area contributed by atoms with Crippen LogP contribution in [0.25, 0.3) is 0 Å². The molecule has 0 aliphatic heterocycles. The lowest BCUT2D eigenvalue weighted by Gasteiger charge is -2.10. The molecule has 0 atom stereocenters. The van der Waals surface area contributed by atoms with E-state index in [1.165, 1.54) is 7.11 Å². The SMILES string of the molecule is COC(=O)c1ccc(COc2ccc(Cl)cc2Cl)c(Br)c1. The first-order valence-electron chi connectivity index (χ1n) is 5.96. The molecule has 0 aromatic heterocycles. The van der Waals surface area contributed by atoms with Gasteiger partial charge in [0.05, 0.1) is 17.7 Å². The van der Waals surface area contributed by atoms with Gasteiger partial charge in [-0.1, -0.05) is 45.2 Å². The van der Waals surface area contributed by atoms with Crippen LogP contribution in [0.2, 0.25) is 10.0 Å². The fourth-order valence-corrected chi connectivity index (χ4v) is 2.61. The molecular weight excluding hydrogens is 379 g/mol. The van der Waals surface area contributed by atoms with Gasteiger partial charge in [-0.15, -0.1) is 0 Å². The van der Waals surface area contributed by atoms with Crippen molar-refractivity contribution >= 4 is 45.1 Å². The van der Waals surface area contributed by atoms with E-state index in [1.807, 2.05) is 0 Å². The summed E-state index contributed by atoms with van der Waals surface area (Å²) in [6.45, 7) is 0.309. The van der Waals surface area contributed by atoms with Crippen molar-refractivity contribution in [2.24, 2.45) is 0 Å². The van der Waals surface area contributed by atoms with Crippen molar-refractivity contribution in [1.82, 2.24) is 0 Å². The number of esters is 1. The van der Waals surface area contributed by atoms with Gasteiger partial charge >= 0.3 is 5.97 Å². The fourth-order valence-electron chi connectivity index (χ4n) is 1.66. The third-order valence-electron chi connectivity index (χ3n) is 2.75. The van der Waals surface area contributed by atoms with Crippen molar-refractivity contribution in [3.05, 3.63) is 62.0 Å². The molecule has 0 heterocycles. The Morgan fingerprint density at radius 2 is 1.95 bits per heavy atom. The van der Waals surface area contributed by atoms with Gasteiger partial charge < -0.3 is 9.47 Å². The number of ether oxygens (including phenoxy) is 2. The van der Waals surface area contributed by atoms with Gasteiger partial charge in [-0.05, 0) is 30.3 Å². The summed E-state index contributed by atoms with van der Waals surface area (Å²) >= 11 is 15.3. The monoisotopic (exact) mass is 388 g/mol. The lowest BCUT2D eigenvalue weighted by molar-refractivity contribution is 0.0600. The maximum absolute atomic E-state index is 11.4. The summed E-state index contributed by atoms with van der Waals surface area (Å²) in [5.74, 6) is 0.161. The van der Waals surface area contributed by atoms with Crippen LogP contribution < -0.4 is 4.74 Å². The second-order valence-electron chi connectivity index (χ2n) is 4.16. The summed E-state index contributed by atoms with van der Waals surface area (Å²) in [6.07, 6.45) is 0. The van der Waals surface area contributed by atoms with Crippen LogP contribution in [0.1, 0.15) is 15.9 Å². The van der Waals surface area contributed by atoms with E-state index < -0.39 is 0 Å². The Bertz CT molecular complexity index is 674. The maximum Gasteiger partial charge on any atom is 0.337 e. The van der Waals surface area contributed by atoms with Crippen LogP contribution in [0.5, 0.6) is 5.75 Å². The molecule has 0 unspecified atom stereocenters. The largest absolute Gasteiger partial charge is 0.487 e. The summed E-state index contributed by atoms with van der Waals surface area (Å²) in [5, 5.41) is 1.00. The molecule has 0 amide bonds. The van der Waals surface area contributed by atoms with Crippen LogP contribution in [0, 0.1) is 0 Å². The molecule has 3 nitrogen and oxygen atoms in total. The molecule has 0 spiro atoms. The number of carbonyl (C=O) groups excluding carboxylic acids is 1. The number of benzene rings is 2. The van der Waals surface area contributed by atoms with Crippen molar-refractivity contribution in [3.8, 4) is 5.75 Å². The third kappa shape index (κ3) is 4.13. The summed E-state index contributed by atoms with van der Waals surface area (Å²) in [6, 6.07) is 10.2. The molecule has 2 rings (SSSR count). The Kier molecular flexibility index (Phi) is 5.51. The Labute approximate surface area is 140 Å². The molecule has 0 fully saturated rings. The van der Waals surface area contributed by atoms with Crippen LogP contribution >= 0.6 is 39.1 Å². The fraction of sp³-hybridized carbons (Fsp3) is 0.133. The predicted molar refractivity (Wildman–Crippen MR) is 86.3 cm³/mol. The van der Waals surface area contributed by atoms with E-state index in [0.717, 1.165) is 10.0 Å². The molecular formula is C15H11BrCl2O3. The van der Waals surface area contributed by atoms with Gasteiger partial charge in [-0.2, -0.15) is 0 Å². The lowest BCUT2D eigenvalue weighted by Crippen LogP contribution is -2.03. The van der Waals surface area contributed by atoms with Crippen LogP contribution in [0.15, 0.2) is 40.9 Å². The number of hydrogen-bond donors (Lipinski definition) is 0. The molecule has 2 aromatic carbocycles. The van der Waals surface area contributed by atoms with E-state index in [-0.39, 0.29) is 5.97 Å². The van der Waals surface area contributed by atoms with E-state index in [0.29, 0.717) is 28.0 Å². The highest BCUT2D eigenvalue weighted by Crippen LogP contribution is 2.29. The quantitative estimate of drug-likeness (QED) is 0.680. The van der Waals surface area contributed by atoms with Crippen LogP contribution in [0.4, 0.5) is 0 Å². The van der Waals surface area contributed by atoms with Gasteiger partial charge in [0.15, 0.2) is 0 Å². The van der Waals surface area contributed by atoms with Gasteiger partial charge in [0.1, 0.15) is 12.4 Å². The van der Waals surface area contributed by atoms with Crippen LogP contribution in [-0.4, -0.2) is 13.1 Å². The molecule has 110 valence electrons. The lowest BCUT2D eigenvalue weighted by atomic mass is 10.1. The Morgan fingerprint density at radius 3 is 2.57 bits per heavy atom. The highest BCUT2D eigenvalue weighted by molar-refractivity contribution is 9.10. The summed E-state index contributed by atoms with van der Waals surface area (Å²) in [5.41, 5.74) is 1.35. The topological polar surface area (TPSA) is 35.5 Å². The smallest absolute Gasteiger partial charge is 0.337 e. The molecule has 0 aliphatic rings. The molecule has 21 heavy (non-hydrogen) atoms. The summed E-state index contributed by atoms with van der Waals surface area (Å²) < 4.78 is 11.1. The molecule has 0 bridgehead atoms. The van der Waals surface area contributed by atoms with E-state index >= 15 is 0 Å². The molecule has 2 aromatic rings. The highest BCUT2D eigenvalue weighted by Gasteiger charge is 2.09. The Morgan fingerprint density at radius 1 is 1.19 bits per heavy atom. The second kappa shape index (κ2) is 7.16. The molecule has 0 aliphatic carbocycles. The van der Waals surface area contributed by atoms with Crippen molar-refractivity contribution in [2.45, 2.75) is 6.61 Å². The average Bonchev–Trinajstić information content (AvgIpc) is 2.46. The van der Waals surface area contributed by atoms with Gasteiger partial charge in [-0.25, -0.2) is 4.79 Å².